The van der Waals surface area contributed by atoms with Gasteiger partial charge < -0.3 is 5.32 Å². The van der Waals surface area contributed by atoms with Crippen LogP contribution in [-0.2, 0) is 17.4 Å². The molecule has 2 atom stereocenters. The van der Waals surface area contributed by atoms with E-state index >= 15 is 0 Å². The van der Waals surface area contributed by atoms with E-state index in [2.05, 4.69) is 10.6 Å². The van der Waals surface area contributed by atoms with E-state index in [1.807, 2.05) is 55.5 Å². The first-order chi connectivity index (χ1) is 15.7. The first kappa shape index (κ1) is 24.8. The molecular formula is C26H26ClF3N2O. The van der Waals surface area contributed by atoms with Gasteiger partial charge in [-0.25, -0.2) is 0 Å². The predicted octanol–water partition coefficient (Wildman–Crippen LogP) is 6.42. The van der Waals surface area contributed by atoms with Gasteiger partial charge in [-0.3, -0.25) is 10.1 Å². The Morgan fingerprint density at radius 1 is 0.970 bits per heavy atom. The summed E-state index contributed by atoms with van der Waals surface area (Å²) in [4.78, 5) is 12.7. The van der Waals surface area contributed by atoms with Crippen LogP contribution in [0.15, 0.2) is 72.8 Å². The van der Waals surface area contributed by atoms with Crippen LogP contribution in [-0.4, -0.2) is 13.0 Å². The normalized spacial score (nSPS) is 13.4. The molecule has 3 aromatic rings. The van der Waals surface area contributed by atoms with Gasteiger partial charge in [-0.1, -0.05) is 66.2 Å². The van der Waals surface area contributed by atoms with Crippen molar-refractivity contribution in [2.45, 2.75) is 38.0 Å². The van der Waals surface area contributed by atoms with E-state index < -0.39 is 17.8 Å². The molecule has 0 aliphatic carbocycles. The number of halogens is 4. The highest BCUT2D eigenvalue weighted by Crippen LogP contribution is 2.30. The molecule has 33 heavy (non-hydrogen) atoms. The molecule has 0 spiro atoms. The van der Waals surface area contributed by atoms with Gasteiger partial charge in [-0.2, -0.15) is 13.2 Å². The van der Waals surface area contributed by atoms with Crippen molar-refractivity contribution >= 4 is 17.5 Å². The molecule has 0 radical (unpaired) electrons. The van der Waals surface area contributed by atoms with Gasteiger partial charge in [-0.15, -0.1) is 0 Å². The molecule has 3 rings (SSSR count). The number of likely N-dealkylation sites (N-methyl/N-ethyl adjacent to an activating group) is 1. The van der Waals surface area contributed by atoms with Gasteiger partial charge in [0.1, 0.15) is 6.04 Å². The first-order valence-corrected chi connectivity index (χ1v) is 11.0. The number of carbonyl (C=O) groups excluding carboxylic acids is 1. The maximum Gasteiger partial charge on any atom is 0.416 e. The van der Waals surface area contributed by atoms with Crippen LogP contribution in [0.25, 0.3) is 0 Å². The van der Waals surface area contributed by atoms with Gasteiger partial charge in [0, 0.05) is 18.1 Å². The quantitative estimate of drug-likeness (QED) is 0.395. The summed E-state index contributed by atoms with van der Waals surface area (Å²) < 4.78 is 38.6. The van der Waals surface area contributed by atoms with Crippen LogP contribution in [0, 0.1) is 6.92 Å². The Balaban J connectivity index is 1.87. The third-order valence-corrected chi connectivity index (χ3v) is 6.02. The molecular weight excluding hydrogens is 449 g/mol. The molecule has 0 aliphatic rings. The first-order valence-electron chi connectivity index (χ1n) is 10.6. The van der Waals surface area contributed by atoms with Crippen molar-refractivity contribution in [3.8, 4) is 0 Å². The summed E-state index contributed by atoms with van der Waals surface area (Å²) in [5.74, 6) is -0.175. The second-order valence-electron chi connectivity index (χ2n) is 7.92. The zero-order valence-electron chi connectivity index (χ0n) is 18.4. The highest BCUT2D eigenvalue weighted by Gasteiger charge is 2.30. The molecule has 0 aliphatic heterocycles. The SMILES string of the molecule is CNC(=O)C(N[C@H](CCc1ccc(C(F)(F)F)cc1)c1ccc(Cl)c(C)c1)c1ccccc1. The zero-order valence-corrected chi connectivity index (χ0v) is 19.2. The van der Waals surface area contributed by atoms with Crippen molar-refractivity contribution < 1.29 is 18.0 Å². The van der Waals surface area contributed by atoms with Crippen LogP contribution >= 0.6 is 11.6 Å². The highest BCUT2D eigenvalue weighted by molar-refractivity contribution is 6.31. The summed E-state index contributed by atoms with van der Waals surface area (Å²) in [6, 6.07) is 19.5. The Labute approximate surface area is 197 Å². The number of rotatable bonds is 8. The highest BCUT2D eigenvalue weighted by atomic mass is 35.5. The number of amides is 1. The molecule has 0 bridgehead atoms. The number of hydrogen-bond acceptors (Lipinski definition) is 2. The fourth-order valence-corrected chi connectivity index (χ4v) is 3.83. The van der Waals surface area contributed by atoms with Crippen LogP contribution in [0.3, 0.4) is 0 Å². The van der Waals surface area contributed by atoms with Gasteiger partial charge in [0.2, 0.25) is 5.91 Å². The largest absolute Gasteiger partial charge is 0.416 e. The summed E-state index contributed by atoms with van der Waals surface area (Å²) in [5, 5.41) is 6.81. The van der Waals surface area contributed by atoms with Crippen LogP contribution in [0.4, 0.5) is 13.2 Å². The van der Waals surface area contributed by atoms with E-state index in [1.54, 1.807) is 7.05 Å². The summed E-state index contributed by atoms with van der Waals surface area (Å²) in [7, 11) is 1.59. The van der Waals surface area contributed by atoms with Gasteiger partial charge >= 0.3 is 6.18 Å². The Bertz CT molecular complexity index is 1070. The van der Waals surface area contributed by atoms with Gasteiger partial charge in [-0.05, 0) is 60.2 Å². The van der Waals surface area contributed by atoms with E-state index in [9.17, 15) is 18.0 Å². The molecule has 0 saturated carbocycles. The van der Waals surface area contributed by atoms with E-state index in [0.717, 1.165) is 34.4 Å². The maximum absolute atomic E-state index is 12.9. The van der Waals surface area contributed by atoms with Crippen molar-refractivity contribution in [3.05, 3.63) is 106 Å². The molecule has 3 aromatic carbocycles. The fraction of sp³-hybridized carbons (Fsp3) is 0.269. The molecule has 174 valence electrons. The fourth-order valence-electron chi connectivity index (χ4n) is 3.72. The zero-order chi connectivity index (χ0) is 24.0. The lowest BCUT2D eigenvalue weighted by molar-refractivity contribution is -0.137. The number of aryl methyl sites for hydroxylation is 2. The molecule has 0 fully saturated rings. The second-order valence-corrected chi connectivity index (χ2v) is 8.33. The van der Waals surface area contributed by atoms with Gasteiger partial charge in [0.15, 0.2) is 0 Å². The average Bonchev–Trinajstić information content (AvgIpc) is 2.81. The minimum absolute atomic E-state index is 0.175. The molecule has 2 N–H and O–H groups in total. The van der Waals surface area contributed by atoms with E-state index in [1.165, 1.54) is 12.1 Å². The van der Waals surface area contributed by atoms with E-state index in [0.29, 0.717) is 17.9 Å². The van der Waals surface area contributed by atoms with Crippen molar-refractivity contribution in [1.29, 1.82) is 0 Å². The van der Waals surface area contributed by atoms with Crippen molar-refractivity contribution in [2.75, 3.05) is 7.05 Å². The predicted molar refractivity (Wildman–Crippen MR) is 125 cm³/mol. The molecule has 0 heterocycles. The summed E-state index contributed by atoms with van der Waals surface area (Å²) >= 11 is 6.21. The van der Waals surface area contributed by atoms with Gasteiger partial charge in [0.05, 0.1) is 5.56 Å². The molecule has 0 aromatic heterocycles. The Kier molecular flexibility index (Phi) is 8.16. The lowest BCUT2D eigenvalue weighted by Crippen LogP contribution is -2.38. The van der Waals surface area contributed by atoms with Crippen LogP contribution in [0.1, 0.15) is 46.3 Å². The maximum atomic E-state index is 12.9. The van der Waals surface area contributed by atoms with E-state index in [4.69, 9.17) is 11.6 Å². The minimum atomic E-state index is -4.36. The number of nitrogens with one attached hydrogen (secondary N) is 2. The third kappa shape index (κ3) is 6.59. The smallest absolute Gasteiger partial charge is 0.358 e. The second kappa shape index (κ2) is 10.9. The average molecular weight is 475 g/mol. The van der Waals surface area contributed by atoms with Gasteiger partial charge in [0.25, 0.3) is 0 Å². The Morgan fingerprint density at radius 2 is 1.64 bits per heavy atom. The Morgan fingerprint density at radius 3 is 2.21 bits per heavy atom. The molecule has 3 nitrogen and oxygen atoms in total. The van der Waals surface area contributed by atoms with E-state index in [-0.39, 0.29) is 11.9 Å². The minimum Gasteiger partial charge on any atom is -0.358 e. The number of benzene rings is 3. The standard InChI is InChI=1S/C26H26ClF3N2O/c1-17-16-20(11-14-22(17)27)23(15-10-18-8-12-21(13-9-18)26(28,29)30)32-24(25(33)31-2)19-6-4-3-5-7-19/h3-9,11-14,16,23-24,32H,10,15H2,1-2H3,(H,31,33)/t23-,24?/m1/s1. The topological polar surface area (TPSA) is 41.1 Å². The molecule has 1 unspecified atom stereocenters. The lowest BCUT2D eigenvalue weighted by atomic mass is 9.95. The van der Waals surface area contributed by atoms with Crippen LogP contribution < -0.4 is 10.6 Å². The number of hydrogen-bond donors (Lipinski definition) is 2. The lowest BCUT2D eigenvalue weighted by Gasteiger charge is -2.26. The number of carbonyl (C=O) groups is 1. The summed E-state index contributed by atoms with van der Waals surface area (Å²) in [6.07, 6.45) is -3.25. The summed E-state index contributed by atoms with van der Waals surface area (Å²) in [6.45, 7) is 1.91. The Hall–Kier alpha value is -2.83. The molecule has 1 amide bonds. The monoisotopic (exact) mass is 474 g/mol. The number of alkyl halides is 3. The summed E-state index contributed by atoms with van der Waals surface area (Å²) in [5.41, 5.74) is 2.80. The van der Waals surface area contributed by atoms with Crippen LogP contribution in [0.5, 0.6) is 0 Å². The van der Waals surface area contributed by atoms with Crippen LogP contribution in [0.2, 0.25) is 5.02 Å². The molecule has 7 heteroatoms. The molecule has 0 saturated heterocycles. The third-order valence-electron chi connectivity index (χ3n) is 5.60. The van der Waals surface area contributed by atoms with Crippen molar-refractivity contribution in [3.63, 3.8) is 0 Å². The van der Waals surface area contributed by atoms with Crippen molar-refractivity contribution in [2.24, 2.45) is 0 Å². The van der Waals surface area contributed by atoms with Crippen molar-refractivity contribution in [1.82, 2.24) is 10.6 Å².